The predicted octanol–water partition coefficient (Wildman–Crippen LogP) is 0.0213. The van der Waals surface area contributed by atoms with Crippen LogP contribution in [0.3, 0.4) is 0 Å². The van der Waals surface area contributed by atoms with E-state index in [-0.39, 0.29) is 0 Å². The Balaban J connectivity index is 2.43. The number of hydroxylamine groups is 1. The number of hydrogen-bond donors (Lipinski definition) is 2. The van der Waals surface area contributed by atoms with E-state index >= 15 is 0 Å². The van der Waals surface area contributed by atoms with Crippen LogP contribution in [0.2, 0.25) is 0 Å². The van der Waals surface area contributed by atoms with E-state index < -0.39 is 0 Å². The molecule has 0 unspecified atom stereocenters. The Hall–Kier alpha value is -1.01. The molecule has 1 heterocycles. The molecule has 0 saturated carbocycles. The molecule has 6 heteroatoms. The maximum absolute atomic E-state index is 4.87. The summed E-state index contributed by atoms with van der Waals surface area (Å²) in [5.74, 6) is 0.508. The van der Waals surface area contributed by atoms with Gasteiger partial charge in [0.05, 0.1) is 6.61 Å². The lowest BCUT2D eigenvalue weighted by molar-refractivity contribution is 0.0987. The van der Waals surface area contributed by atoms with Crippen molar-refractivity contribution in [3.63, 3.8) is 0 Å². The maximum Gasteiger partial charge on any atom is 0.185 e. The van der Waals surface area contributed by atoms with E-state index in [1.807, 2.05) is 6.92 Å². The summed E-state index contributed by atoms with van der Waals surface area (Å²) in [5.41, 5.74) is 2.53. The summed E-state index contributed by atoms with van der Waals surface area (Å²) in [6, 6.07) is 0. The number of H-pyrrole nitrogens is 1. The number of aromatic nitrogens is 3. The summed E-state index contributed by atoms with van der Waals surface area (Å²) in [7, 11) is 0. The van der Waals surface area contributed by atoms with E-state index in [0.717, 1.165) is 0 Å². The van der Waals surface area contributed by atoms with Crippen LogP contribution in [0.15, 0.2) is 6.33 Å². The highest BCUT2D eigenvalue weighted by Crippen LogP contribution is 1.86. The fourth-order valence-electron chi connectivity index (χ4n) is 0.501. The second-order valence-electron chi connectivity index (χ2n) is 1.70. The second kappa shape index (κ2) is 3.99. The first-order valence-corrected chi connectivity index (χ1v) is 3.53. The molecule has 0 atom stereocenters. The standard InChI is InChI=1S/C5H8N4OS/c1-2-10-9-5(11)4-6-3-7-8-4/h3H,2H2,1H3,(H,9,11)(H,6,7,8). The van der Waals surface area contributed by atoms with Crippen molar-refractivity contribution in [1.82, 2.24) is 20.7 Å². The van der Waals surface area contributed by atoms with E-state index in [2.05, 4.69) is 20.7 Å². The number of nitrogens with one attached hydrogen (secondary N) is 2. The number of thiocarbonyl (C=S) groups is 1. The van der Waals surface area contributed by atoms with Gasteiger partial charge in [0.15, 0.2) is 10.8 Å². The van der Waals surface area contributed by atoms with Gasteiger partial charge in [0.2, 0.25) is 0 Å². The summed E-state index contributed by atoms with van der Waals surface area (Å²) in [6.07, 6.45) is 1.38. The van der Waals surface area contributed by atoms with Gasteiger partial charge in [-0.05, 0) is 6.92 Å². The molecule has 0 fully saturated rings. The maximum atomic E-state index is 4.87. The molecule has 1 rings (SSSR count). The first-order valence-electron chi connectivity index (χ1n) is 3.12. The molecular formula is C5H8N4OS. The number of rotatable bonds is 3. The van der Waals surface area contributed by atoms with Crippen molar-refractivity contribution < 1.29 is 4.84 Å². The van der Waals surface area contributed by atoms with E-state index in [9.17, 15) is 0 Å². The molecule has 0 aromatic carbocycles. The summed E-state index contributed by atoms with van der Waals surface area (Å²) in [4.78, 5) is 9.07. The third-order valence-corrected chi connectivity index (χ3v) is 1.22. The van der Waals surface area contributed by atoms with Crippen molar-refractivity contribution in [2.45, 2.75) is 6.92 Å². The van der Waals surface area contributed by atoms with Crippen LogP contribution in [0.4, 0.5) is 0 Å². The minimum atomic E-state index is 0.407. The third kappa shape index (κ3) is 2.24. The first-order chi connectivity index (χ1) is 5.34. The van der Waals surface area contributed by atoms with E-state index in [4.69, 9.17) is 17.1 Å². The van der Waals surface area contributed by atoms with Crippen LogP contribution in [0.1, 0.15) is 12.7 Å². The van der Waals surface area contributed by atoms with Crippen molar-refractivity contribution in [1.29, 1.82) is 0 Å². The van der Waals surface area contributed by atoms with Crippen molar-refractivity contribution >= 4 is 17.2 Å². The zero-order chi connectivity index (χ0) is 8.10. The molecule has 0 aliphatic heterocycles. The molecule has 1 aromatic rings. The molecule has 2 N–H and O–H groups in total. The Morgan fingerprint density at radius 3 is 3.27 bits per heavy atom. The van der Waals surface area contributed by atoms with Gasteiger partial charge in [-0.25, -0.2) is 4.98 Å². The Kier molecular flexibility index (Phi) is 2.94. The van der Waals surface area contributed by atoms with Crippen molar-refractivity contribution in [2.24, 2.45) is 0 Å². The molecule has 0 aliphatic carbocycles. The van der Waals surface area contributed by atoms with E-state index in [1.54, 1.807) is 0 Å². The normalized spacial score (nSPS) is 9.55. The van der Waals surface area contributed by atoms with Gasteiger partial charge in [-0.15, -0.1) is 0 Å². The number of nitrogens with zero attached hydrogens (tertiary/aromatic N) is 2. The summed E-state index contributed by atoms with van der Waals surface area (Å²) in [5, 5.41) is 6.23. The molecule has 0 aliphatic rings. The average molecular weight is 172 g/mol. The lowest BCUT2D eigenvalue weighted by Crippen LogP contribution is -2.23. The number of hydrogen-bond acceptors (Lipinski definition) is 4. The van der Waals surface area contributed by atoms with Crippen LogP contribution >= 0.6 is 12.2 Å². The molecule has 0 bridgehead atoms. The predicted molar refractivity (Wildman–Crippen MR) is 42.8 cm³/mol. The molecule has 0 saturated heterocycles. The molecule has 11 heavy (non-hydrogen) atoms. The van der Waals surface area contributed by atoms with Crippen LogP contribution in [-0.2, 0) is 4.84 Å². The topological polar surface area (TPSA) is 62.8 Å². The SMILES string of the molecule is CCONC(=S)c1ncn[nH]1. The Morgan fingerprint density at radius 1 is 1.91 bits per heavy atom. The largest absolute Gasteiger partial charge is 0.276 e. The monoisotopic (exact) mass is 172 g/mol. The Bertz CT molecular complexity index is 222. The lowest BCUT2D eigenvalue weighted by Gasteiger charge is -2.01. The molecule has 1 aromatic heterocycles. The summed E-state index contributed by atoms with van der Waals surface area (Å²) >= 11 is 4.87. The highest BCUT2D eigenvalue weighted by molar-refractivity contribution is 7.80. The first kappa shape index (κ1) is 8.09. The van der Waals surface area contributed by atoms with Gasteiger partial charge in [-0.2, -0.15) is 5.10 Å². The molecule has 0 spiro atoms. The summed E-state index contributed by atoms with van der Waals surface area (Å²) in [6.45, 7) is 2.41. The molecule has 5 nitrogen and oxygen atoms in total. The fourth-order valence-corrected chi connectivity index (χ4v) is 0.658. The van der Waals surface area contributed by atoms with Gasteiger partial charge in [0.25, 0.3) is 0 Å². The molecule has 0 amide bonds. The zero-order valence-corrected chi connectivity index (χ0v) is 6.81. The van der Waals surface area contributed by atoms with Gasteiger partial charge < -0.3 is 0 Å². The lowest BCUT2D eigenvalue weighted by atomic mass is 10.6. The average Bonchev–Trinajstić information content (AvgIpc) is 2.52. The van der Waals surface area contributed by atoms with Crippen LogP contribution in [0.5, 0.6) is 0 Å². The van der Waals surface area contributed by atoms with E-state index in [0.29, 0.717) is 17.4 Å². The molecular weight excluding hydrogens is 164 g/mol. The van der Waals surface area contributed by atoms with E-state index in [1.165, 1.54) is 6.33 Å². The Morgan fingerprint density at radius 2 is 2.73 bits per heavy atom. The third-order valence-electron chi connectivity index (χ3n) is 0.939. The van der Waals surface area contributed by atoms with Crippen LogP contribution in [0.25, 0.3) is 0 Å². The highest BCUT2D eigenvalue weighted by Gasteiger charge is 2.01. The zero-order valence-electron chi connectivity index (χ0n) is 6.00. The van der Waals surface area contributed by atoms with Crippen molar-refractivity contribution in [3.05, 3.63) is 12.2 Å². The highest BCUT2D eigenvalue weighted by atomic mass is 32.1. The molecule has 60 valence electrons. The van der Waals surface area contributed by atoms with Crippen molar-refractivity contribution in [2.75, 3.05) is 6.61 Å². The summed E-state index contributed by atoms with van der Waals surface area (Å²) < 4.78 is 0. The second-order valence-corrected chi connectivity index (χ2v) is 2.11. The fraction of sp³-hybridized carbons (Fsp3) is 0.400. The van der Waals surface area contributed by atoms with Crippen LogP contribution < -0.4 is 5.48 Å². The van der Waals surface area contributed by atoms with Crippen molar-refractivity contribution in [3.8, 4) is 0 Å². The quantitative estimate of drug-likeness (QED) is 0.497. The van der Waals surface area contributed by atoms with Crippen LogP contribution in [-0.4, -0.2) is 26.8 Å². The van der Waals surface area contributed by atoms with Gasteiger partial charge in [-0.1, -0.05) is 12.2 Å². The van der Waals surface area contributed by atoms with Gasteiger partial charge >= 0.3 is 0 Å². The van der Waals surface area contributed by atoms with Gasteiger partial charge in [-0.3, -0.25) is 15.4 Å². The van der Waals surface area contributed by atoms with Crippen LogP contribution in [0, 0.1) is 0 Å². The molecule has 0 radical (unpaired) electrons. The van der Waals surface area contributed by atoms with Gasteiger partial charge in [0.1, 0.15) is 6.33 Å². The smallest absolute Gasteiger partial charge is 0.185 e. The van der Waals surface area contributed by atoms with Gasteiger partial charge in [0, 0.05) is 0 Å². The Labute approximate surface area is 69.1 Å². The minimum absolute atomic E-state index is 0.407. The minimum Gasteiger partial charge on any atom is -0.276 e. The number of aromatic amines is 1.